The van der Waals surface area contributed by atoms with Gasteiger partial charge >= 0.3 is 5.97 Å². The summed E-state index contributed by atoms with van der Waals surface area (Å²) in [5.74, 6) is 0.460. The summed E-state index contributed by atoms with van der Waals surface area (Å²) < 4.78 is 5.28. The standard InChI is InChI=1S/C23H31NO2/c1-18(24(3)4)17-23(21-13-9-6-10-14-21)22(15-16-26-19(2)25)20-11-7-5-8-12-20/h5-14,18,22-23H,15-17H2,1-4H3. The van der Waals surface area contributed by atoms with Crippen molar-refractivity contribution < 1.29 is 9.53 Å². The summed E-state index contributed by atoms with van der Waals surface area (Å²) in [6.07, 6.45) is 1.87. The fourth-order valence-electron chi connectivity index (χ4n) is 3.44. The van der Waals surface area contributed by atoms with Crippen molar-refractivity contribution in [3.63, 3.8) is 0 Å². The van der Waals surface area contributed by atoms with E-state index in [2.05, 4.69) is 80.5 Å². The zero-order valence-electron chi connectivity index (χ0n) is 16.4. The lowest BCUT2D eigenvalue weighted by Crippen LogP contribution is -2.28. The van der Waals surface area contributed by atoms with Crippen LogP contribution in [0.5, 0.6) is 0 Å². The predicted octanol–water partition coefficient (Wildman–Crippen LogP) is 4.85. The average Bonchev–Trinajstić information content (AvgIpc) is 2.64. The highest BCUT2D eigenvalue weighted by Gasteiger charge is 2.27. The van der Waals surface area contributed by atoms with Gasteiger partial charge in [-0.1, -0.05) is 60.7 Å². The molecule has 0 aliphatic carbocycles. The van der Waals surface area contributed by atoms with Gasteiger partial charge in [0.15, 0.2) is 0 Å². The number of ether oxygens (including phenoxy) is 1. The van der Waals surface area contributed by atoms with Crippen LogP contribution in [0.3, 0.4) is 0 Å². The lowest BCUT2D eigenvalue weighted by Gasteiger charge is -2.32. The van der Waals surface area contributed by atoms with Crippen LogP contribution in [0.15, 0.2) is 60.7 Å². The van der Waals surface area contributed by atoms with Gasteiger partial charge in [-0.2, -0.15) is 0 Å². The molecule has 3 atom stereocenters. The molecule has 3 nitrogen and oxygen atoms in total. The number of benzene rings is 2. The summed E-state index contributed by atoms with van der Waals surface area (Å²) in [7, 11) is 4.26. The van der Waals surface area contributed by atoms with Crippen LogP contribution in [0.25, 0.3) is 0 Å². The highest BCUT2D eigenvalue weighted by Crippen LogP contribution is 2.39. The Morgan fingerprint density at radius 1 is 0.923 bits per heavy atom. The minimum atomic E-state index is -0.213. The summed E-state index contributed by atoms with van der Waals surface area (Å²) in [6, 6.07) is 21.8. The Kier molecular flexibility index (Phi) is 7.86. The molecule has 2 aromatic rings. The first kappa shape index (κ1) is 20.2. The Bertz CT molecular complexity index is 654. The maximum atomic E-state index is 11.2. The maximum absolute atomic E-state index is 11.2. The first-order chi connectivity index (χ1) is 12.5. The van der Waals surface area contributed by atoms with Crippen molar-refractivity contribution in [1.29, 1.82) is 0 Å². The fraction of sp³-hybridized carbons (Fsp3) is 0.435. The van der Waals surface area contributed by atoms with E-state index < -0.39 is 0 Å². The minimum absolute atomic E-state index is 0.213. The maximum Gasteiger partial charge on any atom is 0.302 e. The Morgan fingerprint density at radius 2 is 1.42 bits per heavy atom. The smallest absolute Gasteiger partial charge is 0.302 e. The third-order valence-corrected chi connectivity index (χ3v) is 5.15. The van der Waals surface area contributed by atoms with Gasteiger partial charge in [-0.25, -0.2) is 0 Å². The van der Waals surface area contributed by atoms with E-state index in [9.17, 15) is 4.79 Å². The van der Waals surface area contributed by atoms with Crippen LogP contribution in [-0.4, -0.2) is 37.6 Å². The molecule has 0 N–H and O–H groups in total. The number of nitrogens with zero attached hydrogens (tertiary/aromatic N) is 1. The largest absolute Gasteiger partial charge is 0.466 e. The van der Waals surface area contributed by atoms with Crippen molar-refractivity contribution in [3.8, 4) is 0 Å². The van der Waals surface area contributed by atoms with Crippen molar-refractivity contribution in [1.82, 2.24) is 4.90 Å². The molecule has 0 saturated heterocycles. The quantitative estimate of drug-likeness (QED) is 0.604. The molecule has 0 aromatic heterocycles. The minimum Gasteiger partial charge on any atom is -0.466 e. The van der Waals surface area contributed by atoms with Crippen molar-refractivity contribution in [2.75, 3.05) is 20.7 Å². The molecular weight excluding hydrogens is 322 g/mol. The fourth-order valence-corrected chi connectivity index (χ4v) is 3.44. The lowest BCUT2D eigenvalue weighted by molar-refractivity contribution is -0.141. The first-order valence-electron chi connectivity index (χ1n) is 9.38. The predicted molar refractivity (Wildman–Crippen MR) is 107 cm³/mol. The zero-order valence-corrected chi connectivity index (χ0v) is 16.4. The first-order valence-corrected chi connectivity index (χ1v) is 9.38. The van der Waals surface area contributed by atoms with Gasteiger partial charge in [0.1, 0.15) is 0 Å². The van der Waals surface area contributed by atoms with Crippen molar-refractivity contribution >= 4 is 5.97 Å². The number of rotatable bonds is 9. The molecule has 140 valence electrons. The summed E-state index contributed by atoms with van der Waals surface area (Å²) >= 11 is 0. The monoisotopic (exact) mass is 353 g/mol. The van der Waals surface area contributed by atoms with E-state index >= 15 is 0 Å². The molecule has 0 bridgehead atoms. The lowest BCUT2D eigenvalue weighted by atomic mass is 9.76. The van der Waals surface area contributed by atoms with E-state index in [1.165, 1.54) is 18.1 Å². The van der Waals surface area contributed by atoms with Crippen LogP contribution in [0.1, 0.15) is 49.7 Å². The van der Waals surface area contributed by atoms with Gasteiger partial charge in [0.25, 0.3) is 0 Å². The van der Waals surface area contributed by atoms with Gasteiger partial charge < -0.3 is 9.64 Å². The molecule has 26 heavy (non-hydrogen) atoms. The molecule has 0 saturated carbocycles. The molecule has 3 heteroatoms. The summed E-state index contributed by atoms with van der Waals surface area (Å²) in [5.41, 5.74) is 2.65. The molecule has 0 fully saturated rings. The third kappa shape index (κ3) is 5.99. The van der Waals surface area contributed by atoms with E-state index in [1.807, 2.05) is 6.07 Å². The van der Waals surface area contributed by atoms with Crippen LogP contribution >= 0.6 is 0 Å². The van der Waals surface area contributed by atoms with Gasteiger partial charge in [0.2, 0.25) is 0 Å². The normalized spacial score (nSPS) is 14.7. The van der Waals surface area contributed by atoms with Crippen LogP contribution in [0, 0.1) is 0 Å². The molecule has 0 aliphatic heterocycles. The van der Waals surface area contributed by atoms with E-state index in [0.29, 0.717) is 24.5 Å². The summed E-state index contributed by atoms with van der Waals surface area (Å²) in [4.78, 5) is 13.5. The van der Waals surface area contributed by atoms with Crippen molar-refractivity contribution in [3.05, 3.63) is 71.8 Å². The molecule has 2 aromatic carbocycles. The Labute approximate surface area is 158 Å². The molecular formula is C23H31NO2. The van der Waals surface area contributed by atoms with Gasteiger partial charge in [-0.3, -0.25) is 4.79 Å². The second kappa shape index (κ2) is 10.1. The topological polar surface area (TPSA) is 29.5 Å². The van der Waals surface area contributed by atoms with Gasteiger partial charge in [-0.15, -0.1) is 0 Å². The number of hydrogen-bond donors (Lipinski definition) is 0. The molecule has 2 rings (SSSR count). The van der Waals surface area contributed by atoms with E-state index in [4.69, 9.17) is 4.74 Å². The highest BCUT2D eigenvalue weighted by molar-refractivity contribution is 5.65. The molecule has 0 heterocycles. The molecule has 0 spiro atoms. The Morgan fingerprint density at radius 3 is 1.88 bits per heavy atom. The molecule has 0 radical (unpaired) electrons. The van der Waals surface area contributed by atoms with Crippen LogP contribution in [0.4, 0.5) is 0 Å². The van der Waals surface area contributed by atoms with Crippen LogP contribution < -0.4 is 0 Å². The highest BCUT2D eigenvalue weighted by atomic mass is 16.5. The van der Waals surface area contributed by atoms with Crippen LogP contribution in [0.2, 0.25) is 0 Å². The van der Waals surface area contributed by atoms with E-state index in [-0.39, 0.29) is 5.97 Å². The van der Waals surface area contributed by atoms with E-state index in [0.717, 1.165) is 12.8 Å². The van der Waals surface area contributed by atoms with Gasteiger partial charge in [0, 0.05) is 13.0 Å². The average molecular weight is 354 g/mol. The van der Waals surface area contributed by atoms with Gasteiger partial charge in [0.05, 0.1) is 6.61 Å². The Balaban J connectivity index is 2.34. The second-order valence-electron chi connectivity index (χ2n) is 7.21. The SMILES string of the molecule is CC(=O)OCCC(c1ccccc1)C(CC(C)N(C)C)c1ccccc1. The number of carbonyl (C=O) groups excluding carboxylic acids is 1. The molecule has 0 amide bonds. The van der Waals surface area contributed by atoms with Crippen LogP contribution in [-0.2, 0) is 9.53 Å². The second-order valence-corrected chi connectivity index (χ2v) is 7.21. The number of esters is 1. The summed E-state index contributed by atoms with van der Waals surface area (Å²) in [5, 5.41) is 0. The third-order valence-electron chi connectivity index (χ3n) is 5.15. The molecule has 0 aliphatic rings. The number of hydrogen-bond acceptors (Lipinski definition) is 3. The number of carbonyl (C=O) groups is 1. The van der Waals surface area contributed by atoms with Crippen molar-refractivity contribution in [2.45, 2.75) is 44.6 Å². The van der Waals surface area contributed by atoms with Crippen molar-refractivity contribution in [2.24, 2.45) is 0 Å². The molecule has 3 unspecified atom stereocenters. The zero-order chi connectivity index (χ0) is 18.9. The van der Waals surface area contributed by atoms with Gasteiger partial charge in [-0.05, 0) is 56.8 Å². The summed E-state index contributed by atoms with van der Waals surface area (Å²) in [6.45, 7) is 4.19. The van der Waals surface area contributed by atoms with E-state index in [1.54, 1.807) is 0 Å². The Hall–Kier alpha value is -2.13.